The predicted octanol–water partition coefficient (Wildman–Crippen LogP) is -0.134. The van der Waals surface area contributed by atoms with Crippen LogP contribution in [0.2, 0.25) is 0 Å². The van der Waals surface area contributed by atoms with Crippen molar-refractivity contribution < 1.29 is 13.2 Å². The van der Waals surface area contributed by atoms with Gasteiger partial charge in [-0.3, -0.25) is 0 Å². The number of methoxy groups -OCH3 is 1. The molecule has 6 nitrogen and oxygen atoms in total. The first-order valence-corrected chi connectivity index (χ1v) is 6.24. The third-order valence-electron chi connectivity index (χ3n) is 1.78. The van der Waals surface area contributed by atoms with Gasteiger partial charge in [0.2, 0.25) is 10.0 Å². The number of sulfonamides is 1. The maximum Gasteiger partial charge on any atom is 0.212 e. The molecule has 0 aromatic carbocycles. The minimum Gasteiger partial charge on any atom is -0.385 e. The van der Waals surface area contributed by atoms with Crippen LogP contribution in [0.15, 0.2) is 12.4 Å². The molecular weight excluding hydrogens is 218 g/mol. The summed E-state index contributed by atoms with van der Waals surface area (Å²) in [5.41, 5.74) is 0. The minimum absolute atomic E-state index is 0.0710. The first-order valence-electron chi connectivity index (χ1n) is 4.58. The van der Waals surface area contributed by atoms with Crippen molar-refractivity contribution in [1.82, 2.24) is 14.7 Å². The van der Waals surface area contributed by atoms with Gasteiger partial charge in [-0.05, 0) is 6.42 Å². The van der Waals surface area contributed by atoms with E-state index >= 15 is 0 Å². The van der Waals surface area contributed by atoms with Crippen molar-refractivity contribution in [2.24, 2.45) is 0 Å². The molecule has 0 aliphatic rings. The van der Waals surface area contributed by atoms with Crippen molar-refractivity contribution in [2.75, 3.05) is 19.5 Å². The maximum atomic E-state index is 11.4. The predicted molar refractivity (Wildman–Crippen MR) is 55.7 cm³/mol. The second kappa shape index (κ2) is 5.84. The average molecular weight is 233 g/mol. The smallest absolute Gasteiger partial charge is 0.212 e. The molecule has 86 valence electrons. The lowest BCUT2D eigenvalue weighted by Gasteiger charge is -2.04. The van der Waals surface area contributed by atoms with Gasteiger partial charge in [-0.1, -0.05) is 0 Å². The van der Waals surface area contributed by atoms with E-state index in [1.54, 1.807) is 19.5 Å². The lowest BCUT2D eigenvalue weighted by molar-refractivity contribution is 0.199. The molecule has 0 amide bonds. The molecule has 0 atom stereocenters. The normalized spacial score (nSPS) is 11.8. The molecule has 2 N–H and O–H groups in total. The van der Waals surface area contributed by atoms with E-state index in [-0.39, 0.29) is 12.3 Å². The summed E-state index contributed by atoms with van der Waals surface area (Å²) in [5, 5.41) is 0. The summed E-state index contributed by atoms with van der Waals surface area (Å²) >= 11 is 0. The highest BCUT2D eigenvalue weighted by Crippen LogP contribution is 1.93. The summed E-state index contributed by atoms with van der Waals surface area (Å²) in [6, 6.07) is 0. The van der Waals surface area contributed by atoms with Crippen molar-refractivity contribution >= 4 is 10.0 Å². The minimum atomic E-state index is -3.22. The Morgan fingerprint density at radius 1 is 1.60 bits per heavy atom. The quantitative estimate of drug-likeness (QED) is 0.642. The van der Waals surface area contributed by atoms with E-state index in [2.05, 4.69) is 14.7 Å². The maximum absolute atomic E-state index is 11.4. The van der Waals surface area contributed by atoms with Gasteiger partial charge in [0, 0.05) is 26.1 Å². The van der Waals surface area contributed by atoms with Crippen LogP contribution < -0.4 is 4.72 Å². The molecule has 1 aromatic rings. The van der Waals surface area contributed by atoms with Crippen molar-refractivity contribution in [3.05, 3.63) is 18.2 Å². The van der Waals surface area contributed by atoms with Gasteiger partial charge in [0.15, 0.2) is 0 Å². The van der Waals surface area contributed by atoms with Crippen LogP contribution >= 0.6 is 0 Å². The molecule has 0 aliphatic heterocycles. The van der Waals surface area contributed by atoms with Crippen molar-refractivity contribution in [3.63, 3.8) is 0 Å². The van der Waals surface area contributed by atoms with Crippen LogP contribution in [-0.2, 0) is 21.3 Å². The number of ether oxygens (including phenoxy) is 1. The molecule has 0 spiro atoms. The SMILES string of the molecule is COCCCS(=O)(=O)NCc1ncc[nH]1. The van der Waals surface area contributed by atoms with Crippen LogP contribution in [0.1, 0.15) is 12.2 Å². The van der Waals surface area contributed by atoms with Gasteiger partial charge in [-0.2, -0.15) is 0 Å². The summed E-state index contributed by atoms with van der Waals surface area (Å²) in [5.74, 6) is 0.673. The Bertz CT molecular complexity index is 360. The highest BCUT2D eigenvalue weighted by atomic mass is 32.2. The Balaban J connectivity index is 2.30. The van der Waals surface area contributed by atoms with Gasteiger partial charge in [-0.15, -0.1) is 0 Å². The second-order valence-corrected chi connectivity index (χ2v) is 4.95. The molecule has 0 saturated carbocycles. The van der Waals surface area contributed by atoms with Crippen LogP contribution in [0.4, 0.5) is 0 Å². The highest BCUT2D eigenvalue weighted by Gasteiger charge is 2.09. The molecule has 0 saturated heterocycles. The molecule has 0 radical (unpaired) electrons. The van der Waals surface area contributed by atoms with Gasteiger partial charge < -0.3 is 9.72 Å². The van der Waals surface area contributed by atoms with Crippen LogP contribution in [0.25, 0.3) is 0 Å². The molecule has 0 aliphatic carbocycles. The van der Waals surface area contributed by atoms with Gasteiger partial charge >= 0.3 is 0 Å². The zero-order valence-corrected chi connectivity index (χ0v) is 9.38. The summed E-state index contributed by atoms with van der Waals surface area (Å²) in [6.07, 6.45) is 3.72. The van der Waals surface area contributed by atoms with E-state index in [0.29, 0.717) is 18.9 Å². The zero-order chi connectivity index (χ0) is 11.1. The topological polar surface area (TPSA) is 84.1 Å². The molecule has 1 aromatic heterocycles. The van der Waals surface area contributed by atoms with Crippen LogP contribution in [-0.4, -0.2) is 37.9 Å². The Morgan fingerprint density at radius 2 is 2.40 bits per heavy atom. The molecule has 0 unspecified atom stereocenters. The van der Waals surface area contributed by atoms with E-state index in [9.17, 15) is 8.42 Å². The fraction of sp³-hybridized carbons (Fsp3) is 0.625. The van der Waals surface area contributed by atoms with Gasteiger partial charge in [0.05, 0.1) is 12.3 Å². The lowest BCUT2D eigenvalue weighted by Crippen LogP contribution is -2.26. The van der Waals surface area contributed by atoms with E-state index in [0.717, 1.165) is 0 Å². The van der Waals surface area contributed by atoms with Gasteiger partial charge in [0.1, 0.15) is 5.82 Å². The number of H-pyrrole nitrogens is 1. The average Bonchev–Trinajstić information content (AvgIpc) is 2.68. The Kier molecular flexibility index (Phi) is 4.73. The van der Waals surface area contributed by atoms with E-state index < -0.39 is 10.0 Å². The second-order valence-electron chi connectivity index (χ2n) is 3.02. The van der Waals surface area contributed by atoms with Crippen molar-refractivity contribution in [1.29, 1.82) is 0 Å². The van der Waals surface area contributed by atoms with Crippen LogP contribution in [0.3, 0.4) is 0 Å². The number of aromatic amines is 1. The number of nitrogens with zero attached hydrogens (tertiary/aromatic N) is 1. The zero-order valence-electron chi connectivity index (χ0n) is 8.56. The van der Waals surface area contributed by atoms with Crippen molar-refractivity contribution in [2.45, 2.75) is 13.0 Å². The standard InChI is InChI=1S/C8H15N3O3S/c1-14-5-2-6-15(12,13)11-7-8-9-3-4-10-8/h3-4,11H,2,5-7H2,1H3,(H,9,10). The number of aromatic nitrogens is 2. The first-order chi connectivity index (χ1) is 7.14. The molecule has 1 rings (SSSR count). The lowest BCUT2D eigenvalue weighted by atomic mass is 10.5. The van der Waals surface area contributed by atoms with E-state index in [1.807, 2.05) is 0 Å². The summed E-state index contributed by atoms with van der Waals surface area (Å²) in [4.78, 5) is 6.72. The molecule has 1 heterocycles. The summed E-state index contributed by atoms with van der Waals surface area (Å²) < 4.78 is 30.0. The third-order valence-corrected chi connectivity index (χ3v) is 3.19. The highest BCUT2D eigenvalue weighted by molar-refractivity contribution is 7.89. The van der Waals surface area contributed by atoms with Crippen LogP contribution in [0, 0.1) is 0 Å². The molecular formula is C8H15N3O3S. The Labute approximate surface area is 89.1 Å². The van der Waals surface area contributed by atoms with E-state index in [1.165, 1.54) is 0 Å². The number of hydrogen-bond acceptors (Lipinski definition) is 4. The monoisotopic (exact) mass is 233 g/mol. The van der Waals surface area contributed by atoms with Crippen molar-refractivity contribution in [3.8, 4) is 0 Å². The molecule has 0 fully saturated rings. The fourth-order valence-electron chi connectivity index (χ4n) is 1.04. The van der Waals surface area contributed by atoms with Crippen LogP contribution in [0.5, 0.6) is 0 Å². The Hall–Kier alpha value is -0.920. The Morgan fingerprint density at radius 3 is 3.00 bits per heavy atom. The molecule has 15 heavy (non-hydrogen) atoms. The summed E-state index contributed by atoms with van der Waals surface area (Å²) in [7, 11) is -1.68. The molecule has 7 heteroatoms. The van der Waals surface area contributed by atoms with Gasteiger partial charge in [0.25, 0.3) is 0 Å². The van der Waals surface area contributed by atoms with E-state index in [4.69, 9.17) is 4.74 Å². The van der Waals surface area contributed by atoms with Gasteiger partial charge in [-0.25, -0.2) is 18.1 Å². The number of nitrogens with one attached hydrogen (secondary N) is 2. The molecule has 0 bridgehead atoms. The fourth-order valence-corrected chi connectivity index (χ4v) is 2.04. The number of imidazole rings is 1. The number of rotatable bonds is 7. The first kappa shape index (κ1) is 12.2. The third kappa shape index (κ3) is 4.91. The largest absolute Gasteiger partial charge is 0.385 e. The summed E-state index contributed by atoms with van der Waals surface area (Å²) in [6.45, 7) is 0.643. The number of hydrogen-bond donors (Lipinski definition) is 2.